The molecular formula is C14H17NO3. The Kier molecular flexibility index (Phi) is 3.65. The van der Waals surface area contributed by atoms with Crippen LogP contribution in [0.1, 0.15) is 26.7 Å². The number of carbonyl (C=O) groups is 2. The Morgan fingerprint density at radius 1 is 1.50 bits per heavy atom. The SMILES string of the molecule is CCOC(=O)C1=CN(C2=CCC(=O)C=C2C)CC1. The van der Waals surface area contributed by atoms with E-state index >= 15 is 0 Å². The van der Waals surface area contributed by atoms with Gasteiger partial charge in [0.1, 0.15) is 0 Å². The lowest BCUT2D eigenvalue weighted by Crippen LogP contribution is -2.17. The monoisotopic (exact) mass is 247 g/mol. The van der Waals surface area contributed by atoms with Crippen molar-refractivity contribution in [3.05, 3.63) is 35.2 Å². The summed E-state index contributed by atoms with van der Waals surface area (Å²) in [5.41, 5.74) is 2.67. The molecule has 18 heavy (non-hydrogen) atoms. The van der Waals surface area contributed by atoms with Crippen molar-refractivity contribution in [1.82, 2.24) is 4.90 Å². The Morgan fingerprint density at radius 3 is 2.94 bits per heavy atom. The lowest BCUT2D eigenvalue weighted by Gasteiger charge is -2.22. The number of allylic oxidation sites excluding steroid dienone is 3. The first-order chi connectivity index (χ1) is 8.61. The van der Waals surface area contributed by atoms with Gasteiger partial charge in [-0.1, -0.05) is 6.08 Å². The van der Waals surface area contributed by atoms with Gasteiger partial charge in [0.15, 0.2) is 5.78 Å². The highest BCUT2D eigenvalue weighted by Crippen LogP contribution is 2.26. The molecule has 2 aliphatic rings. The highest BCUT2D eigenvalue weighted by molar-refractivity contribution is 5.93. The van der Waals surface area contributed by atoms with Gasteiger partial charge >= 0.3 is 5.97 Å². The van der Waals surface area contributed by atoms with Crippen molar-refractivity contribution < 1.29 is 14.3 Å². The number of esters is 1. The molecule has 0 amide bonds. The summed E-state index contributed by atoms with van der Waals surface area (Å²) in [6.07, 6.45) is 6.54. The van der Waals surface area contributed by atoms with E-state index in [0.717, 1.165) is 17.8 Å². The van der Waals surface area contributed by atoms with Crippen LogP contribution >= 0.6 is 0 Å². The van der Waals surface area contributed by atoms with Crippen molar-refractivity contribution in [2.45, 2.75) is 26.7 Å². The molecule has 0 N–H and O–H groups in total. The molecule has 0 saturated carbocycles. The van der Waals surface area contributed by atoms with Crippen LogP contribution in [-0.4, -0.2) is 29.8 Å². The van der Waals surface area contributed by atoms with Crippen molar-refractivity contribution in [3.63, 3.8) is 0 Å². The molecule has 0 atom stereocenters. The Morgan fingerprint density at radius 2 is 2.28 bits per heavy atom. The van der Waals surface area contributed by atoms with Gasteiger partial charge in [0.2, 0.25) is 0 Å². The van der Waals surface area contributed by atoms with Crippen LogP contribution in [0.2, 0.25) is 0 Å². The van der Waals surface area contributed by atoms with Gasteiger partial charge in [0.25, 0.3) is 0 Å². The predicted molar refractivity (Wildman–Crippen MR) is 67.5 cm³/mol. The van der Waals surface area contributed by atoms with Gasteiger partial charge in [-0.05, 0) is 31.9 Å². The Balaban J connectivity index is 2.11. The minimum Gasteiger partial charge on any atom is -0.463 e. The van der Waals surface area contributed by atoms with Crippen LogP contribution in [0.25, 0.3) is 0 Å². The zero-order valence-corrected chi connectivity index (χ0v) is 10.7. The van der Waals surface area contributed by atoms with Crippen molar-refractivity contribution in [3.8, 4) is 0 Å². The van der Waals surface area contributed by atoms with Gasteiger partial charge in [-0.25, -0.2) is 4.79 Å². The summed E-state index contributed by atoms with van der Waals surface area (Å²) in [5.74, 6) is -0.112. The van der Waals surface area contributed by atoms with Crippen LogP contribution in [0.3, 0.4) is 0 Å². The summed E-state index contributed by atoms with van der Waals surface area (Å²) in [5, 5.41) is 0. The minimum atomic E-state index is -0.242. The van der Waals surface area contributed by atoms with E-state index < -0.39 is 0 Å². The smallest absolute Gasteiger partial charge is 0.335 e. The van der Waals surface area contributed by atoms with Crippen molar-refractivity contribution in [2.24, 2.45) is 0 Å². The number of ether oxygens (including phenoxy) is 1. The minimum absolute atomic E-state index is 0.130. The largest absolute Gasteiger partial charge is 0.463 e. The van der Waals surface area contributed by atoms with Gasteiger partial charge in [-0.15, -0.1) is 0 Å². The second-order valence-corrected chi connectivity index (χ2v) is 4.41. The molecule has 1 aliphatic carbocycles. The molecule has 4 heteroatoms. The van der Waals surface area contributed by atoms with Crippen molar-refractivity contribution in [1.29, 1.82) is 0 Å². The average molecular weight is 247 g/mol. The summed E-state index contributed by atoms with van der Waals surface area (Å²) in [6, 6.07) is 0. The number of hydrogen-bond donors (Lipinski definition) is 0. The summed E-state index contributed by atoms with van der Waals surface area (Å²) in [6.45, 7) is 4.87. The summed E-state index contributed by atoms with van der Waals surface area (Å²) in [7, 11) is 0. The van der Waals surface area contributed by atoms with E-state index in [4.69, 9.17) is 4.74 Å². The molecular weight excluding hydrogens is 230 g/mol. The average Bonchev–Trinajstić information content (AvgIpc) is 2.78. The van der Waals surface area contributed by atoms with E-state index in [9.17, 15) is 9.59 Å². The standard InChI is InChI=1S/C14H17NO3/c1-3-18-14(17)11-6-7-15(9-11)13-5-4-12(16)8-10(13)2/h5,8-9H,3-4,6-7H2,1-2H3. The molecule has 0 fully saturated rings. The third-order valence-electron chi connectivity index (χ3n) is 3.06. The van der Waals surface area contributed by atoms with Crippen LogP contribution in [0.15, 0.2) is 35.2 Å². The van der Waals surface area contributed by atoms with E-state index in [0.29, 0.717) is 25.0 Å². The maximum absolute atomic E-state index is 11.6. The second-order valence-electron chi connectivity index (χ2n) is 4.41. The lowest BCUT2D eigenvalue weighted by atomic mass is 10.0. The number of hydrogen-bond acceptors (Lipinski definition) is 4. The van der Waals surface area contributed by atoms with Crippen LogP contribution in [-0.2, 0) is 14.3 Å². The number of rotatable bonds is 3. The molecule has 2 rings (SSSR count). The van der Waals surface area contributed by atoms with Gasteiger partial charge in [0.05, 0.1) is 12.2 Å². The molecule has 96 valence electrons. The molecule has 0 unspecified atom stereocenters. The van der Waals surface area contributed by atoms with E-state index in [1.54, 1.807) is 13.0 Å². The lowest BCUT2D eigenvalue weighted by molar-refractivity contribution is -0.138. The van der Waals surface area contributed by atoms with Crippen molar-refractivity contribution in [2.75, 3.05) is 13.2 Å². The summed E-state index contributed by atoms with van der Waals surface area (Å²) >= 11 is 0. The fraction of sp³-hybridized carbons (Fsp3) is 0.429. The molecule has 4 nitrogen and oxygen atoms in total. The third-order valence-corrected chi connectivity index (χ3v) is 3.06. The maximum atomic E-state index is 11.6. The summed E-state index contributed by atoms with van der Waals surface area (Å²) in [4.78, 5) is 24.9. The molecule has 0 bridgehead atoms. The highest BCUT2D eigenvalue weighted by Gasteiger charge is 2.23. The topological polar surface area (TPSA) is 46.6 Å². The Labute approximate surface area is 107 Å². The Hall–Kier alpha value is -1.84. The molecule has 0 aromatic heterocycles. The van der Waals surface area contributed by atoms with Gasteiger partial charge in [-0.3, -0.25) is 4.79 Å². The fourth-order valence-corrected chi connectivity index (χ4v) is 2.20. The summed E-state index contributed by atoms with van der Waals surface area (Å²) < 4.78 is 4.98. The quantitative estimate of drug-likeness (QED) is 0.715. The van der Waals surface area contributed by atoms with Crippen LogP contribution in [0.5, 0.6) is 0 Å². The molecule has 1 aliphatic heterocycles. The Bertz CT molecular complexity index is 471. The molecule has 0 radical (unpaired) electrons. The van der Waals surface area contributed by atoms with Gasteiger partial charge in [-0.2, -0.15) is 0 Å². The zero-order valence-electron chi connectivity index (χ0n) is 10.7. The van der Waals surface area contributed by atoms with E-state index in [1.165, 1.54) is 0 Å². The second kappa shape index (κ2) is 5.21. The van der Waals surface area contributed by atoms with Crippen LogP contribution in [0.4, 0.5) is 0 Å². The first kappa shape index (κ1) is 12.6. The van der Waals surface area contributed by atoms with Crippen LogP contribution in [0, 0.1) is 0 Å². The third kappa shape index (κ3) is 2.53. The van der Waals surface area contributed by atoms with E-state index in [2.05, 4.69) is 0 Å². The first-order valence-electron chi connectivity index (χ1n) is 6.18. The molecule has 0 saturated heterocycles. The molecule has 0 spiro atoms. The molecule has 1 heterocycles. The van der Waals surface area contributed by atoms with Crippen LogP contribution < -0.4 is 0 Å². The van der Waals surface area contributed by atoms with E-state index in [1.807, 2.05) is 24.1 Å². The fourth-order valence-electron chi connectivity index (χ4n) is 2.20. The molecule has 0 aromatic carbocycles. The van der Waals surface area contributed by atoms with Crippen molar-refractivity contribution >= 4 is 11.8 Å². The zero-order chi connectivity index (χ0) is 13.1. The molecule has 0 aromatic rings. The van der Waals surface area contributed by atoms with Gasteiger partial charge in [0, 0.05) is 24.9 Å². The maximum Gasteiger partial charge on any atom is 0.335 e. The predicted octanol–water partition coefficient (Wildman–Crippen LogP) is 1.94. The number of carbonyl (C=O) groups excluding carboxylic acids is 2. The highest BCUT2D eigenvalue weighted by atomic mass is 16.5. The van der Waals surface area contributed by atoms with E-state index in [-0.39, 0.29) is 11.8 Å². The number of ketones is 1. The number of nitrogens with zero attached hydrogens (tertiary/aromatic N) is 1. The normalized spacial score (nSPS) is 19.3. The first-order valence-corrected chi connectivity index (χ1v) is 6.18. The van der Waals surface area contributed by atoms with Gasteiger partial charge < -0.3 is 9.64 Å².